The van der Waals surface area contributed by atoms with Crippen LogP contribution in [0.3, 0.4) is 0 Å². The van der Waals surface area contributed by atoms with E-state index in [-0.39, 0.29) is 11.7 Å². The van der Waals surface area contributed by atoms with Crippen molar-refractivity contribution in [3.05, 3.63) is 86.5 Å². The maximum Gasteiger partial charge on any atom is 0.265 e. The molecule has 114 valence electrons. The second-order valence-electron chi connectivity index (χ2n) is 4.80. The third kappa shape index (κ3) is 3.57. The first kappa shape index (κ1) is 15.6. The van der Waals surface area contributed by atoms with Crippen LogP contribution in [0, 0.1) is 0 Å². The van der Waals surface area contributed by atoms with Gasteiger partial charge in [-0.1, -0.05) is 42.5 Å². The van der Waals surface area contributed by atoms with Gasteiger partial charge < -0.3 is 5.32 Å². The molecular formula is C18H12BrNO2S. The minimum Gasteiger partial charge on any atom is -0.321 e. The van der Waals surface area contributed by atoms with Crippen LogP contribution in [0.2, 0.25) is 0 Å². The lowest BCUT2D eigenvalue weighted by Gasteiger charge is -2.09. The Kier molecular flexibility index (Phi) is 4.69. The third-order valence-electron chi connectivity index (χ3n) is 3.25. The standard InChI is InChI=1S/C18H12BrNO2S/c19-16-11-10-15(23-16)18(22)20-14-9-5-4-8-13(14)17(21)12-6-2-1-3-7-12/h1-11H,(H,20,22). The lowest BCUT2D eigenvalue weighted by atomic mass is 10.0. The molecule has 3 nitrogen and oxygen atoms in total. The number of anilines is 1. The summed E-state index contributed by atoms with van der Waals surface area (Å²) in [6.07, 6.45) is 0. The summed E-state index contributed by atoms with van der Waals surface area (Å²) in [6.45, 7) is 0. The van der Waals surface area contributed by atoms with Gasteiger partial charge in [-0.3, -0.25) is 9.59 Å². The number of nitrogens with one attached hydrogen (secondary N) is 1. The molecule has 0 fully saturated rings. The number of carbonyl (C=O) groups excluding carboxylic acids is 2. The van der Waals surface area contributed by atoms with E-state index in [2.05, 4.69) is 21.2 Å². The van der Waals surface area contributed by atoms with Gasteiger partial charge >= 0.3 is 0 Å². The molecule has 1 heterocycles. The average molecular weight is 386 g/mol. The molecule has 0 spiro atoms. The SMILES string of the molecule is O=C(Nc1ccccc1C(=O)c1ccccc1)c1ccc(Br)s1. The predicted octanol–water partition coefficient (Wildman–Crippen LogP) is 4.99. The van der Waals surface area contributed by atoms with Gasteiger partial charge in [0.1, 0.15) is 0 Å². The predicted molar refractivity (Wildman–Crippen MR) is 96.3 cm³/mol. The van der Waals surface area contributed by atoms with E-state index in [0.29, 0.717) is 21.7 Å². The maximum atomic E-state index is 12.6. The van der Waals surface area contributed by atoms with Crippen molar-refractivity contribution in [3.63, 3.8) is 0 Å². The number of hydrogen-bond donors (Lipinski definition) is 1. The number of carbonyl (C=O) groups is 2. The van der Waals surface area contributed by atoms with Crippen LogP contribution in [0.25, 0.3) is 0 Å². The summed E-state index contributed by atoms with van der Waals surface area (Å²) in [5.74, 6) is -0.345. The Morgan fingerprint density at radius 2 is 1.57 bits per heavy atom. The van der Waals surface area contributed by atoms with E-state index >= 15 is 0 Å². The van der Waals surface area contributed by atoms with Crippen molar-refractivity contribution in [1.29, 1.82) is 0 Å². The van der Waals surface area contributed by atoms with Crippen LogP contribution in [0.4, 0.5) is 5.69 Å². The molecule has 1 N–H and O–H groups in total. The fourth-order valence-corrected chi connectivity index (χ4v) is 3.44. The van der Waals surface area contributed by atoms with E-state index in [9.17, 15) is 9.59 Å². The zero-order chi connectivity index (χ0) is 16.2. The van der Waals surface area contributed by atoms with Gasteiger partial charge in [-0.2, -0.15) is 0 Å². The largest absolute Gasteiger partial charge is 0.321 e. The van der Waals surface area contributed by atoms with Crippen molar-refractivity contribution in [2.45, 2.75) is 0 Å². The van der Waals surface area contributed by atoms with Crippen LogP contribution < -0.4 is 5.32 Å². The van der Waals surface area contributed by atoms with Gasteiger partial charge in [-0.25, -0.2) is 0 Å². The Labute approximate surface area is 146 Å². The molecule has 1 amide bonds. The summed E-state index contributed by atoms with van der Waals surface area (Å²) in [6, 6.07) is 19.6. The van der Waals surface area contributed by atoms with E-state index in [1.807, 2.05) is 24.3 Å². The molecule has 0 unspecified atom stereocenters. The highest BCUT2D eigenvalue weighted by atomic mass is 79.9. The lowest BCUT2D eigenvalue weighted by molar-refractivity contribution is 0.103. The van der Waals surface area contributed by atoms with Crippen LogP contribution in [0.1, 0.15) is 25.6 Å². The zero-order valence-corrected chi connectivity index (χ0v) is 14.4. The van der Waals surface area contributed by atoms with E-state index < -0.39 is 0 Å². The molecule has 3 rings (SSSR count). The summed E-state index contributed by atoms with van der Waals surface area (Å²) in [5, 5.41) is 2.82. The molecule has 0 saturated heterocycles. The van der Waals surface area contributed by atoms with E-state index in [1.165, 1.54) is 11.3 Å². The molecule has 0 bridgehead atoms. The van der Waals surface area contributed by atoms with E-state index in [4.69, 9.17) is 0 Å². The molecule has 0 aliphatic carbocycles. The number of halogens is 1. The molecule has 0 saturated carbocycles. The van der Waals surface area contributed by atoms with Gasteiger partial charge in [0.25, 0.3) is 5.91 Å². The second-order valence-corrected chi connectivity index (χ2v) is 7.26. The molecule has 23 heavy (non-hydrogen) atoms. The summed E-state index contributed by atoms with van der Waals surface area (Å²) in [5.41, 5.74) is 1.58. The molecule has 5 heteroatoms. The molecule has 0 atom stereocenters. The van der Waals surface area contributed by atoms with Gasteiger partial charge in [-0.05, 0) is 40.2 Å². The summed E-state index contributed by atoms with van der Waals surface area (Å²) in [7, 11) is 0. The molecule has 0 aliphatic heterocycles. The van der Waals surface area contributed by atoms with E-state index in [1.54, 1.807) is 42.5 Å². The first-order valence-corrected chi connectivity index (χ1v) is 8.51. The van der Waals surface area contributed by atoms with Gasteiger partial charge in [-0.15, -0.1) is 11.3 Å². The summed E-state index contributed by atoms with van der Waals surface area (Å²) < 4.78 is 0.885. The van der Waals surface area contributed by atoms with Gasteiger partial charge in [0.15, 0.2) is 5.78 Å². The maximum absolute atomic E-state index is 12.6. The van der Waals surface area contributed by atoms with Gasteiger partial charge in [0, 0.05) is 11.1 Å². The number of rotatable bonds is 4. The Morgan fingerprint density at radius 3 is 2.26 bits per heavy atom. The quantitative estimate of drug-likeness (QED) is 0.642. The van der Waals surface area contributed by atoms with Crippen molar-refractivity contribution in [3.8, 4) is 0 Å². The van der Waals surface area contributed by atoms with Crippen LogP contribution in [0.5, 0.6) is 0 Å². The summed E-state index contributed by atoms with van der Waals surface area (Å²) >= 11 is 4.68. The minimum absolute atomic E-state index is 0.117. The van der Waals surface area contributed by atoms with Crippen molar-refractivity contribution in [1.82, 2.24) is 0 Å². The van der Waals surface area contributed by atoms with Crippen molar-refractivity contribution >= 4 is 44.6 Å². The highest BCUT2D eigenvalue weighted by Crippen LogP contribution is 2.24. The number of thiophene rings is 1. The Balaban J connectivity index is 1.89. The van der Waals surface area contributed by atoms with Crippen molar-refractivity contribution in [2.24, 2.45) is 0 Å². The molecular weight excluding hydrogens is 374 g/mol. The monoisotopic (exact) mass is 385 g/mol. The Bertz CT molecular complexity index is 858. The smallest absolute Gasteiger partial charge is 0.265 e. The number of para-hydroxylation sites is 1. The number of amides is 1. The number of hydrogen-bond acceptors (Lipinski definition) is 3. The third-order valence-corrected chi connectivity index (χ3v) is 4.88. The van der Waals surface area contributed by atoms with Crippen molar-refractivity contribution < 1.29 is 9.59 Å². The van der Waals surface area contributed by atoms with Crippen LogP contribution in [-0.2, 0) is 0 Å². The molecule has 2 aromatic carbocycles. The first-order valence-electron chi connectivity index (χ1n) is 6.90. The number of ketones is 1. The fourth-order valence-electron chi connectivity index (χ4n) is 2.16. The summed E-state index contributed by atoms with van der Waals surface area (Å²) in [4.78, 5) is 25.5. The average Bonchev–Trinajstić information content (AvgIpc) is 3.02. The zero-order valence-electron chi connectivity index (χ0n) is 12.0. The molecule has 3 aromatic rings. The van der Waals surface area contributed by atoms with E-state index in [0.717, 1.165) is 3.79 Å². The lowest BCUT2D eigenvalue weighted by Crippen LogP contribution is -2.14. The molecule has 0 aliphatic rings. The number of benzene rings is 2. The van der Waals surface area contributed by atoms with Crippen molar-refractivity contribution in [2.75, 3.05) is 5.32 Å². The topological polar surface area (TPSA) is 46.2 Å². The first-order chi connectivity index (χ1) is 11.1. The van der Waals surface area contributed by atoms with Crippen LogP contribution in [0.15, 0.2) is 70.5 Å². The van der Waals surface area contributed by atoms with Crippen LogP contribution in [-0.4, -0.2) is 11.7 Å². The molecule has 1 aromatic heterocycles. The minimum atomic E-state index is -0.228. The molecule has 0 radical (unpaired) electrons. The normalized spacial score (nSPS) is 10.3. The highest BCUT2D eigenvalue weighted by molar-refractivity contribution is 9.11. The van der Waals surface area contributed by atoms with Crippen LogP contribution >= 0.6 is 27.3 Å². The fraction of sp³-hybridized carbons (Fsp3) is 0. The Morgan fingerprint density at radius 1 is 0.870 bits per heavy atom. The highest BCUT2D eigenvalue weighted by Gasteiger charge is 2.16. The van der Waals surface area contributed by atoms with Gasteiger partial charge in [0.2, 0.25) is 0 Å². The Hall–Kier alpha value is -2.24. The van der Waals surface area contributed by atoms with Gasteiger partial charge in [0.05, 0.1) is 14.4 Å². The second kappa shape index (κ2) is 6.89.